The fourth-order valence-electron chi connectivity index (χ4n) is 9.40. The van der Waals surface area contributed by atoms with Gasteiger partial charge in [-0.3, -0.25) is 19.2 Å². The fraction of sp³-hybridized carbons (Fsp3) is 0.689. The van der Waals surface area contributed by atoms with E-state index in [9.17, 15) is 24.6 Å². The first-order valence-corrected chi connectivity index (χ1v) is 22.1. The second kappa shape index (κ2) is 20.8. The highest BCUT2D eigenvalue weighted by Gasteiger charge is 2.55. The van der Waals surface area contributed by atoms with Gasteiger partial charge >= 0.3 is 12.1 Å². The number of hydrogen-bond donors (Lipinski definition) is 4. The number of aliphatic hydroxyl groups is 1. The van der Waals surface area contributed by atoms with Crippen LogP contribution in [0.3, 0.4) is 0 Å². The van der Waals surface area contributed by atoms with Crippen LogP contribution < -0.4 is 11.1 Å². The lowest BCUT2D eigenvalue weighted by atomic mass is 9.78. The summed E-state index contributed by atoms with van der Waals surface area (Å²) in [5.41, 5.74) is 6.39. The van der Waals surface area contributed by atoms with Crippen molar-refractivity contribution in [1.82, 2.24) is 34.8 Å². The van der Waals surface area contributed by atoms with Crippen LogP contribution in [0.4, 0.5) is 10.5 Å². The van der Waals surface area contributed by atoms with Crippen molar-refractivity contribution < 1.29 is 43.5 Å². The van der Waals surface area contributed by atoms with Gasteiger partial charge in [-0.25, -0.2) is 9.78 Å². The fourth-order valence-corrected chi connectivity index (χ4v) is 9.40. The molecule has 0 aliphatic carbocycles. The van der Waals surface area contributed by atoms with E-state index in [2.05, 4.69) is 48.3 Å². The van der Waals surface area contributed by atoms with E-state index in [1.165, 1.54) is 6.92 Å². The number of aliphatic hydroxyl groups excluding tert-OH is 1. The Hall–Kier alpha value is -4.42. The number of imidazole rings is 1. The molecule has 17 heteroatoms. The molecule has 0 radical (unpaired) electrons. The van der Waals surface area contributed by atoms with Crippen LogP contribution in [0.15, 0.2) is 49.2 Å². The highest BCUT2D eigenvalue weighted by molar-refractivity contribution is 5.99. The van der Waals surface area contributed by atoms with Crippen LogP contribution in [-0.4, -0.2) is 126 Å². The second-order valence-corrected chi connectivity index (χ2v) is 18.1. The van der Waals surface area contributed by atoms with Crippen LogP contribution in [0.2, 0.25) is 0 Å². The Labute approximate surface area is 366 Å². The van der Waals surface area contributed by atoms with Gasteiger partial charge in [-0.15, -0.1) is 5.10 Å². The first-order valence-electron chi connectivity index (χ1n) is 22.1. The third kappa shape index (κ3) is 11.0. The SMILES string of the molecule is CC[C@@H](C)[C@@]1(C)OC(=O)N(CCCCn2cc(-c3cccc(N)c3)nn2)[C@@H]1[C@@H](C)NC[C@H](C)C[C@@](C)(OC)[C@H](O[C@@H]1OC(C)CC(n2ccnc2)C1O)[C@@H](C)C(=O)[C@@H](C)C(=O)O. The summed E-state index contributed by atoms with van der Waals surface area (Å²) >= 11 is 0. The number of hydrogen-bond acceptors (Lipinski definition) is 13. The summed E-state index contributed by atoms with van der Waals surface area (Å²) in [6.07, 6.45) is 6.29. The lowest BCUT2D eigenvalue weighted by Gasteiger charge is -2.46. The predicted octanol–water partition coefficient (Wildman–Crippen LogP) is 5.59. The van der Waals surface area contributed by atoms with E-state index in [4.69, 9.17) is 24.7 Å². The maximum atomic E-state index is 13.7. The number of carboxylic acid groups (broad SMARTS) is 1. The summed E-state index contributed by atoms with van der Waals surface area (Å²) in [5.74, 6) is -3.97. The summed E-state index contributed by atoms with van der Waals surface area (Å²) < 4.78 is 28.9. The van der Waals surface area contributed by atoms with Crippen LogP contribution in [0, 0.1) is 23.7 Å². The van der Waals surface area contributed by atoms with Crippen molar-refractivity contribution in [3.8, 4) is 11.3 Å². The molecule has 0 saturated carbocycles. The average molecular weight is 867 g/mol. The number of carboxylic acids is 1. The number of cyclic esters (lactones) is 1. The quantitative estimate of drug-likeness (QED) is 0.0520. The molecular weight excluding hydrogens is 797 g/mol. The number of carbonyl (C=O) groups is 3. The molecule has 3 unspecified atom stereocenters. The monoisotopic (exact) mass is 867 g/mol. The van der Waals surface area contributed by atoms with Crippen LogP contribution in [0.5, 0.6) is 0 Å². The molecule has 344 valence electrons. The van der Waals surface area contributed by atoms with Crippen molar-refractivity contribution >= 4 is 23.5 Å². The molecule has 13 atom stereocenters. The zero-order chi connectivity index (χ0) is 45.5. The number of unbranched alkanes of at least 4 members (excludes halogenated alkanes) is 1. The number of aromatic nitrogens is 5. The Morgan fingerprint density at radius 1 is 1.16 bits per heavy atom. The van der Waals surface area contributed by atoms with E-state index >= 15 is 0 Å². The van der Waals surface area contributed by atoms with E-state index < -0.39 is 59.3 Å². The molecule has 17 nitrogen and oxygen atoms in total. The number of Topliss-reactive ketones (excluding diaryl/α,β-unsaturated/α-hetero) is 1. The lowest BCUT2D eigenvalue weighted by molar-refractivity contribution is -0.294. The number of amides is 1. The Kier molecular flexibility index (Phi) is 16.3. The Morgan fingerprint density at radius 3 is 2.53 bits per heavy atom. The number of ketones is 1. The number of nitrogens with one attached hydrogen (secondary N) is 1. The first-order chi connectivity index (χ1) is 29.3. The van der Waals surface area contributed by atoms with Crippen molar-refractivity contribution in [2.45, 2.75) is 155 Å². The average Bonchev–Trinajstić information content (AvgIpc) is 4.01. The third-order valence-corrected chi connectivity index (χ3v) is 13.4. The van der Waals surface area contributed by atoms with Crippen molar-refractivity contribution in [1.29, 1.82) is 0 Å². The number of aliphatic carboxylic acids is 1. The Balaban J connectivity index is 1.28. The van der Waals surface area contributed by atoms with E-state index in [1.807, 2.05) is 65.4 Å². The highest BCUT2D eigenvalue weighted by Crippen LogP contribution is 2.41. The van der Waals surface area contributed by atoms with E-state index in [0.717, 1.165) is 30.5 Å². The first kappa shape index (κ1) is 48.6. The van der Waals surface area contributed by atoms with Crippen molar-refractivity contribution in [3.63, 3.8) is 0 Å². The number of nitrogens with two attached hydrogens (primary N) is 1. The van der Waals surface area contributed by atoms with Gasteiger partial charge in [0.2, 0.25) is 0 Å². The van der Waals surface area contributed by atoms with Gasteiger partial charge in [0, 0.05) is 55.8 Å². The minimum Gasteiger partial charge on any atom is -0.481 e. The maximum Gasteiger partial charge on any atom is 0.410 e. The van der Waals surface area contributed by atoms with Gasteiger partial charge in [-0.2, -0.15) is 0 Å². The Bertz CT molecular complexity index is 1930. The second-order valence-electron chi connectivity index (χ2n) is 18.1. The van der Waals surface area contributed by atoms with Crippen LogP contribution >= 0.6 is 0 Å². The Morgan fingerprint density at radius 2 is 1.89 bits per heavy atom. The van der Waals surface area contributed by atoms with E-state index in [-0.39, 0.29) is 36.1 Å². The molecule has 2 aliphatic heterocycles. The molecule has 3 aromatic rings. The summed E-state index contributed by atoms with van der Waals surface area (Å²) in [7, 11) is 1.55. The third-order valence-electron chi connectivity index (χ3n) is 13.4. The van der Waals surface area contributed by atoms with Gasteiger partial charge in [0.05, 0.1) is 42.4 Å². The van der Waals surface area contributed by atoms with Crippen LogP contribution in [0.25, 0.3) is 11.3 Å². The van der Waals surface area contributed by atoms with Gasteiger partial charge in [0.25, 0.3) is 0 Å². The van der Waals surface area contributed by atoms with Crippen LogP contribution in [0.1, 0.15) is 100 Å². The molecule has 2 aromatic heterocycles. The smallest absolute Gasteiger partial charge is 0.410 e. The van der Waals surface area contributed by atoms with Crippen molar-refractivity contribution in [2.75, 3.05) is 25.9 Å². The molecule has 2 fully saturated rings. The number of rotatable bonds is 23. The molecule has 62 heavy (non-hydrogen) atoms. The zero-order valence-electron chi connectivity index (χ0n) is 38.1. The number of nitrogens with zero attached hydrogens (tertiary/aromatic N) is 6. The molecule has 1 amide bonds. The number of methoxy groups -OCH3 is 1. The van der Waals surface area contributed by atoms with Gasteiger partial charge in [-0.1, -0.05) is 45.0 Å². The number of benzene rings is 1. The number of aryl methyl sites for hydroxylation is 1. The summed E-state index contributed by atoms with van der Waals surface area (Å²) in [6, 6.07) is 6.69. The molecule has 5 N–H and O–H groups in total. The standard InChI is InChI=1S/C45H70N8O9/c1-11-28(3)45(9)39(53(43(58)62-45)19-13-12-18-52-25-35(49-50-52)33-15-14-16-34(46)22-33)32(7)48-24-27(2)23-44(8,59-10)40(30(5)37(54)31(6)41(56)57)61-42-38(55)36(21-29(4)60-42)51-20-17-47-26-51/h14-17,20,22,25-32,36,38-40,42,48,55H,11-13,18-19,21,23-24,46H2,1-10H3,(H,56,57)/t27-,28-,29?,30+,31-,32-,36?,38?,39-,40-,42+,44-,45-/m1/s1. The minimum atomic E-state index is -1.29. The van der Waals surface area contributed by atoms with E-state index in [0.29, 0.717) is 38.2 Å². The molecular formula is C45H70N8O9. The summed E-state index contributed by atoms with van der Waals surface area (Å²) in [6.45, 7) is 18.8. The van der Waals surface area contributed by atoms with Crippen molar-refractivity contribution in [2.24, 2.45) is 23.7 Å². The molecule has 4 heterocycles. The topological polar surface area (TPSA) is 218 Å². The normalized spacial score (nSPS) is 26.9. The summed E-state index contributed by atoms with van der Waals surface area (Å²) in [5, 5.41) is 33.7. The summed E-state index contributed by atoms with van der Waals surface area (Å²) in [4.78, 5) is 45.3. The molecule has 0 spiro atoms. The van der Waals surface area contributed by atoms with Gasteiger partial charge in [0.1, 0.15) is 23.3 Å². The molecule has 1 aromatic carbocycles. The highest BCUT2D eigenvalue weighted by atomic mass is 16.7. The molecule has 0 bridgehead atoms. The molecule has 2 aliphatic rings. The number of anilines is 1. The molecule has 5 rings (SSSR count). The van der Waals surface area contributed by atoms with Gasteiger partial charge < -0.3 is 44.8 Å². The zero-order valence-corrected chi connectivity index (χ0v) is 38.1. The predicted molar refractivity (Wildman–Crippen MR) is 233 cm³/mol. The molecule has 2 saturated heterocycles. The lowest BCUT2D eigenvalue weighted by Crippen LogP contribution is -2.58. The van der Waals surface area contributed by atoms with E-state index in [1.54, 1.807) is 32.8 Å². The number of ether oxygens (including phenoxy) is 4. The minimum absolute atomic E-state index is 0.0660. The van der Waals surface area contributed by atoms with Crippen LogP contribution in [-0.2, 0) is 35.1 Å². The number of nitrogen functional groups attached to an aromatic ring is 1. The van der Waals surface area contributed by atoms with Gasteiger partial charge in [-0.05, 0) is 97.2 Å². The maximum absolute atomic E-state index is 13.7. The number of carbonyl (C=O) groups excluding carboxylic acids is 2. The largest absolute Gasteiger partial charge is 0.481 e. The van der Waals surface area contributed by atoms with Gasteiger partial charge in [0.15, 0.2) is 12.1 Å². The van der Waals surface area contributed by atoms with Crippen molar-refractivity contribution in [3.05, 3.63) is 49.2 Å².